The fourth-order valence-corrected chi connectivity index (χ4v) is 2.72. The third-order valence-corrected chi connectivity index (χ3v) is 4.40. The van der Waals surface area contributed by atoms with Crippen molar-refractivity contribution < 1.29 is 5.11 Å². The van der Waals surface area contributed by atoms with Crippen LogP contribution >= 0.6 is 23.4 Å². The predicted octanol–water partition coefficient (Wildman–Crippen LogP) is 3.51. The number of thioether (sulfide) groups is 1. The number of aryl methyl sites for hydroxylation is 1. The highest BCUT2D eigenvalue weighted by molar-refractivity contribution is 7.99. The summed E-state index contributed by atoms with van der Waals surface area (Å²) in [6, 6.07) is 0. The zero-order valence-corrected chi connectivity index (χ0v) is 12.3. The number of aliphatic hydroxyl groups excluding tert-OH is 1. The molecule has 17 heavy (non-hydrogen) atoms. The van der Waals surface area contributed by atoms with Crippen molar-refractivity contribution in [1.29, 1.82) is 0 Å². The van der Waals surface area contributed by atoms with E-state index in [0.29, 0.717) is 16.0 Å². The van der Waals surface area contributed by atoms with E-state index in [-0.39, 0.29) is 0 Å². The van der Waals surface area contributed by atoms with Crippen LogP contribution in [0.25, 0.3) is 0 Å². The van der Waals surface area contributed by atoms with Crippen LogP contribution in [-0.4, -0.2) is 25.9 Å². The molecule has 0 fully saturated rings. The van der Waals surface area contributed by atoms with Gasteiger partial charge in [-0.15, -0.1) is 0 Å². The fraction of sp³-hybridized carbons (Fsp3) is 0.750. The normalized spacial score (nSPS) is 14.9. The fourth-order valence-electron chi connectivity index (χ4n) is 1.55. The summed E-state index contributed by atoms with van der Waals surface area (Å²) in [6.07, 6.45) is 3.18. The Morgan fingerprint density at radius 1 is 1.53 bits per heavy atom. The molecule has 0 aromatic carbocycles. The van der Waals surface area contributed by atoms with E-state index in [1.807, 2.05) is 4.68 Å². The second kappa shape index (κ2) is 7.29. The molecule has 5 heteroatoms. The van der Waals surface area contributed by atoms with Gasteiger partial charge < -0.3 is 5.11 Å². The molecule has 0 aliphatic heterocycles. The van der Waals surface area contributed by atoms with Gasteiger partial charge in [0.2, 0.25) is 0 Å². The number of aliphatic hydroxyl groups is 1. The Morgan fingerprint density at radius 2 is 2.24 bits per heavy atom. The Balaban J connectivity index is 2.66. The van der Waals surface area contributed by atoms with Crippen LogP contribution in [0.3, 0.4) is 0 Å². The van der Waals surface area contributed by atoms with E-state index in [1.54, 1.807) is 18.0 Å². The molecule has 0 amide bonds. The third kappa shape index (κ3) is 4.19. The van der Waals surface area contributed by atoms with Crippen LogP contribution in [0.4, 0.5) is 0 Å². The van der Waals surface area contributed by atoms with E-state index in [1.165, 1.54) is 0 Å². The monoisotopic (exact) mass is 276 g/mol. The summed E-state index contributed by atoms with van der Waals surface area (Å²) in [4.78, 5) is 0. The number of hydrogen-bond donors (Lipinski definition) is 1. The smallest absolute Gasteiger partial charge is 0.106 e. The summed E-state index contributed by atoms with van der Waals surface area (Å²) in [5.74, 6) is 0.671. The summed E-state index contributed by atoms with van der Waals surface area (Å²) < 4.78 is 1.81. The van der Waals surface area contributed by atoms with E-state index >= 15 is 0 Å². The Bertz CT molecular complexity index is 343. The van der Waals surface area contributed by atoms with Crippen molar-refractivity contribution in [2.24, 2.45) is 0 Å². The lowest BCUT2D eigenvalue weighted by Gasteiger charge is -2.15. The first kappa shape index (κ1) is 14.9. The van der Waals surface area contributed by atoms with Crippen LogP contribution in [0, 0.1) is 0 Å². The maximum Gasteiger partial charge on any atom is 0.106 e. The zero-order chi connectivity index (χ0) is 12.8. The van der Waals surface area contributed by atoms with E-state index in [9.17, 15) is 5.11 Å². The molecule has 98 valence electrons. The number of aromatic nitrogens is 2. The van der Waals surface area contributed by atoms with Crippen molar-refractivity contribution >= 4 is 23.4 Å². The molecule has 2 unspecified atom stereocenters. The van der Waals surface area contributed by atoms with Crippen molar-refractivity contribution in [2.45, 2.75) is 51.5 Å². The molecule has 1 aromatic rings. The minimum atomic E-state index is -0.532. The average Bonchev–Trinajstić information content (AvgIpc) is 2.67. The van der Waals surface area contributed by atoms with Gasteiger partial charge in [-0.1, -0.05) is 32.4 Å². The lowest BCUT2D eigenvalue weighted by molar-refractivity contribution is 0.191. The number of nitrogens with zero attached hydrogens (tertiary/aromatic N) is 2. The molecule has 2 atom stereocenters. The van der Waals surface area contributed by atoms with Gasteiger partial charge in [-0.2, -0.15) is 16.9 Å². The van der Waals surface area contributed by atoms with Gasteiger partial charge in [-0.3, -0.25) is 4.68 Å². The molecule has 0 saturated carbocycles. The quantitative estimate of drug-likeness (QED) is 0.828. The summed E-state index contributed by atoms with van der Waals surface area (Å²) in [7, 11) is 0. The molecule has 0 aliphatic rings. The van der Waals surface area contributed by atoms with Crippen LogP contribution in [0.1, 0.15) is 45.4 Å². The lowest BCUT2D eigenvalue weighted by Crippen LogP contribution is -2.12. The van der Waals surface area contributed by atoms with Crippen LogP contribution in [0.15, 0.2) is 6.20 Å². The maximum absolute atomic E-state index is 10.2. The molecule has 1 rings (SSSR count). The van der Waals surface area contributed by atoms with Gasteiger partial charge in [0.05, 0.1) is 16.9 Å². The van der Waals surface area contributed by atoms with Crippen LogP contribution in [-0.2, 0) is 6.54 Å². The summed E-state index contributed by atoms with van der Waals surface area (Å²) in [5.41, 5.74) is 0.754. The molecule has 0 bridgehead atoms. The zero-order valence-electron chi connectivity index (χ0n) is 10.7. The molecule has 1 heterocycles. The van der Waals surface area contributed by atoms with Gasteiger partial charge in [0.1, 0.15) is 6.10 Å². The molecule has 0 radical (unpaired) electrons. The second-order valence-electron chi connectivity index (χ2n) is 4.17. The Hall–Kier alpha value is -0.190. The van der Waals surface area contributed by atoms with Crippen LogP contribution in [0.2, 0.25) is 5.02 Å². The minimum Gasteiger partial charge on any atom is -0.386 e. The Morgan fingerprint density at radius 3 is 2.82 bits per heavy atom. The minimum absolute atomic E-state index is 0.532. The molecule has 0 spiro atoms. The van der Waals surface area contributed by atoms with Gasteiger partial charge in [0, 0.05) is 17.5 Å². The van der Waals surface area contributed by atoms with Gasteiger partial charge in [0.15, 0.2) is 0 Å². The first-order chi connectivity index (χ1) is 8.10. The molecule has 0 aliphatic carbocycles. The number of halogens is 1. The van der Waals surface area contributed by atoms with Crippen molar-refractivity contribution in [2.75, 3.05) is 5.75 Å². The largest absolute Gasteiger partial charge is 0.386 e. The van der Waals surface area contributed by atoms with Crippen LogP contribution in [0.5, 0.6) is 0 Å². The predicted molar refractivity (Wildman–Crippen MR) is 74.7 cm³/mol. The van der Waals surface area contributed by atoms with Gasteiger partial charge >= 0.3 is 0 Å². The second-order valence-corrected chi connectivity index (χ2v) is 6.05. The average molecular weight is 277 g/mol. The molecular formula is C12H21ClN2OS. The lowest BCUT2D eigenvalue weighted by atomic mass is 10.3. The molecular weight excluding hydrogens is 256 g/mol. The van der Waals surface area contributed by atoms with E-state index in [4.69, 9.17) is 11.6 Å². The van der Waals surface area contributed by atoms with Gasteiger partial charge in [0.25, 0.3) is 0 Å². The standard InChI is InChI=1S/C12H21ClN2OS/c1-4-6-15-12(10(13)7-14-15)11(16)8-17-9(3)5-2/h7,9,11,16H,4-6,8H2,1-3H3. The van der Waals surface area contributed by atoms with Crippen LogP contribution < -0.4 is 0 Å². The summed E-state index contributed by atoms with van der Waals surface area (Å²) >= 11 is 7.84. The Labute approximate surface area is 113 Å². The summed E-state index contributed by atoms with van der Waals surface area (Å²) in [5, 5.41) is 15.5. The Kier molecular flexibility index (Phi) is 6.38. The molecule has 0 saturated heterocycles. The third-order valence-electron chi connectivity index (χ3n) is 2.70. The van der Waals surface area contributed by atoms with Crippen molar-refractivity contribution in [3.8, 4) is 0 Å². The van der Waals surface area contributed by atoms with Crippen molar-refractivity contribution in [1.82, 2.24) is 9.78 Å². The molecule has 3 nitrogen and oxygen atoms in total. The first-order valence-corrected chi connectivity index (χ1v) is 7.53. The maximum atomic E-state index is 10.2. The van der Waals surface area contributed by atoms with Crippen molar-refractivity contribution in [3.63, 3.8) is 0 Å². The van der Waals surface area contributed by atoms with E-state index in [2.05, 4.69) is 25.9 Å². The molecule has 1 aromatic heterocycles. The SMILES string of the molecule is CCCn1ncc(Cl)c1C(O)CSC(C)CC. The number of hydrogen-bond acceptors (Lipinski definition) is 3. The first-order valence-electron chi connectivity index (χ1n) is 6.11. The van der Waals surface area contributed by atoms with Gasteiger partial charge in [-0.25, -0.2) is 0 Å². The van der Waals surface area contributed by atoms with Gasteiger partial charge in [-0.05, 0) is 12.8 Å². The van der Waals surface area contributed by atoms with E-state index < -0.39 is 6.10 Å². The summed E-state index contributed by atoms with van der Waals surface area (Å²) in [6.45, 7) is 7.20. The van der Waals surface area contributed by atoms with E-state index in [0.717, 1.165) is 25.1 Å². The topological polar surface area (TPSA) is 38.0 Å². The highest BCUT2D eigenvalue weighted by Crippen LogP contribution is 2.27. The highest BCUT2D eigenvalue weighted by atomic mass is 35.5. The number of rotatable bonds is 7. The van der Waals surface area contributed by atoms with Crippen molar-refractivity contribution in [3.05, 3.63) is 16.9 Å². The molecule has 1 N–H and O–H groups in total. The highest BCUT2D eigenvalue weighted by Gasteiger charge is 2.18.